The highest BCUT2D eigenvalue weighted by Crippen LogP contribution is 2.23. The number of nitriles is 1. The SMILES string of the molecule is C=C(C)OC(CNC(=O)C(NC(=O)c1nn(CCCCC#N)c2ccccc12)C(C)(C)C)=NC. The van der Waals surface area contributed by atoms with Gasteiger partial charge < -0.3 is 15.4 Å². The maximum absolute atomic E-state index is 13.3. The molecule has 0 aliphatic carbocycles. The lowest BCUT2D eigenvalue weighted by Crippen LogP contribution is -2.54. The summed E-state index contributed by atoms with van der Waals surface area (Å²) in [6, 6.07) is 8.81. The fraction of sp³-hybridized carbons (Fsp3) is 0.480. The van der Waals surface area contributed by atoms with Gasteiger partial charge in [0.15, 0.2) is 5.69 Å². The minimum atomic E-state index is -0.817. The number of carbonyl (C=O) groups is 2. The van der Waals surface area contributed by atoms with E-state index in [1.54, 1.807) is 18.7 Å². The zero-order valence-electron chi connectivity index (χ0n) is 20.6. The molecule has 0 fully saturated rings. The van der Waals surface area contributed by atoms with Crippen LogP contribution in [0.15, 0.2) is 41.6 Å². The van der Waals surface area contributed by atoms with Gasteiger partial charge in [-0.15, -0.1) is 0 Å². The van der Waals surface area contributed by atoms with Crippen LogP contribution in [0, 0.1) is 16.7 Å². The molecule has 0 bridgehead atoms. The number of nitrogens with one attached hydrogen (secondary N) is 2. The number of para-hydroxylation sites is 1. The largest absolute Gasteiger partial charge is 0.447 e. The molecule has 34 heavy (non-hydrogen) atoms. The number of fused-ring (bicyclic) bond motifs is 1. The Hall–Kier alpha value is -3.67. The van der Waals surface area contributed by atoms with Crippen LogP contribution in [0.4, 0.5) is 0 Å². The Labute approximate surface area is 200 Å². The smallest absolute Gasteiger partial charge is 0.273 e. The van der Waals surface area contributed by atoms with Gasteiger partial charge in [-0.1, -0.05) is 45.5 Å². The first-order valence-electron chi connectivity index (χ1n) is 11.3. The first-order valence-corrected chi connectivity index (χ1v) is 11.3. The van der Waals surface area contributed by atoms with Crippen molar-refractivity contribution >= 4 is 28.6 Å². The van der Waals surface area contributed by atoms with Gasteiger partial charge >= 0.3 is 0 Å². The highest BCUT2D eigenvalue weighted by Gasteiger charge is 2.34. The van der Waals surface area contributed by atoms with Crippen LogP contribution in [-0.2, 0) is 16.1 Å². The molecule has 0 saturated carbocycles. The molecule has 1 aromatic heterocycles. The number of rotatable bonds is 10. The van der Waals surface area contributed by atoms with Crippen molar-refractivity contribution in [3.05, 3.63) is 42.3 Å². The molecule has 182 valence electrons. The normalized spacial score (nSPS) is 12.6. The summed E-state index contributed by atoms with van der Waals surface area (Å²) in [6.07, 6.45) is 2.02. The molecule has 2 aromatic rings. The van der Waals surface area contributed by atoms with E-state index in [9.17, 15) is 9.59 Å². The number of carbonyl (C=O) groups excluding carboxylic acids is 2. The molecule has 0 aliphatic heterocycles. The zero-order valence-corrected chi connectivity index (χ0v) is 20.6. The predicted octanol–water partition coefficient (Wildman–Crippen LogP) is 3.57. The molecule has 1 aromatic carbocycles. The Morgan fingerprint density at radius 3 is 2.62 bits per heavy atom. The van der Waals surface area contributed by atoms with Crippen molar-refractivity contribution in [1.29, 1.82) is 5.26 Å². The maximum atomic E-state index is 13.3. The predicted molar refractivity (Wildman–Crippen MR) is 132 cm³/mol. The van der Waals surface area contributed by atoms with Crippen LogP contribution in [0.25, 0.3) is 10.9 Å². The van der Waals surface area contributed by atoms with E-state index < -0.39 is 17.4 Å². The van der Waals surface area contributed by atoms with Gasteiger partial charge in [0, 0.05) is 25.4 Å². The van der Waals surface area contributed by atoms with E-state index in [4.69, 9.17) is 10.00 Å². The topological polar surface area (TPSA) is 121 Å². The molecule has 0 radical (unpaired) electrons. The third kappa shape index (κ3) is 7.17. The minimum Gasteiger partial charge on any atom is -0.447 e. The van der Waals surface area contributed by atoms with Gasteiger partial charge in [0.2, 0.25) is 11.8 Å². The summed E-state index contributed by atoms with van der Waals surface area (Å²) in [7, 11) is 1.56. The molecule has 9 nitrogen and oxygen atoms in total. The number of hydrogen-bond acceptors (Lipinski definition) is 6. The van der Waals surface area contributed by atoms with Crippen molar-refractivity contribution in [2.45, 2.75) is 59.5 Å². The molecule has 1 atom stereocenters. The lowest BCUT2D eigenvalue weighted by molar-refractivity contribution is -0.125. The van der Waals surface area contributed by atoms with Crippen molar-refractivity contribution in [2.75, 3.05) is 13.6 Å². The number of hydrogen-bond donors (Lipinski definition) is 2. The molecule has 2 amide bonds. The fourth-order valence-electron chi connectivity index (χ4n) is 3.43. The number of ether oxygens (including phenoxy) is 1. The zero-order chi connectivity index (χ0) is 25.3. The second-order valence-corrected chi connectivity index (χ2v) is 9.12. The maximum Gasteiger partial charge on any atom is 0.273 e. The second-order valence-electron chi connectivity index (χ2n) is 9.12. The summed E-state index contributed by atoms with van der Waals surface area (Å²) < 4.78 is 7.17. The van der Waals surface area contributed by atoms with E-state index in [1.807, 2.05) is 45.0 Å². The van der Waals surface area contributed by atoms with Gasteiger partial charge in [-0.3, -0.25) is 19.3 Å². The first-order chi connectivity index (χ1) is 16.1. The molecule has 2 rings (SSSR count). The van der Waals surface area contributed by atoms with Crippen molar-refractivity contribution in [2.24, 2.45) is 10.4 Å². The molecule has 0 spiro atoms. The molecule has 2 N–H and O–H groups in total. The molecule has 1 heterocycles. The number of amides is 2. The lowest BCUT2D eigenvalue weighted by Gasteiger charge is -2.30. The summed E-state index contributed by atoms with van der Waals surface area (Å²) in [5.74, 6) is 0.00348. The molecule has 0 aliphatic rings. The first kappa shape index (κ1) is 26.6. The third-order valence-electron chi connectivity index (χ3n) is 5.14. The summed E-state index contributed by atoms with van der Waals surface area (Å²) in [5.41, 5.74) is 0.537. The van der Waals surface area contributed by atoms with Gasteiger partial charge in [0.25, 0.3) is 5.91 Å². The minimum absolute atomic E-state index is 0.0743. The number of allylic oxidation sites excluding steroid dienone is 1. The van der Waals surface area contributed by atoms with Gasteiger partial charge in [0.05, 0.1) is 23.9 Å². The standard InChI is InChI=1S/C25H34N6O3/c1-17(2)34-20(27-6)16-28-24(33)22(25(3,4)5)29-23(32)21-18-12-8-9-13-19(18)31(30-21)15-11-7-10-14-26/h8-9,12-13,22H,1,7,10-11,15-16H2,2-6H3,(H,28,33)(H,29,32). The number of aryl methyl sites for hydroxylation is 1. The summed E-state index contributed by atoms with van der Waals surface area (Å²) in [5, 5.41) is 19.7. The van der Waals surface area contributed by atoms with Crippen molar-refractivity contribution in [3.63, 3.8) is 0 Å². The van der Waals surface area contributed by atoms with Gasteiger partial charge in [-0.25, -0.2) is 0 Å². The number of aliphatic imine (C=N–C) groups is 1. The van der Waals surface area contributed by atoms with Crippen LogP contribution in [-0.4, -0.2) is 47.1 Å². The number of benzene rings is 1. The van der Waals surface area contributed by atoms with Crippen molar-refractivity contribution < 1.29 is 14.3 Å². The lowest BCUT2D eigenvalue weighted by atomic mass is 9.86. The summed E-state index contributed by atoms with van der Waals surface area (Å²) >= 11 is 0. The van der Waals surface area contributed by atoms with Crippen molar-refractivity contribution in [3.8, 4) is 6.07 Å². The Kier molecular flexibility index (Phi) is 9.36. The fourth-order valence-corrected chi connectivity index (χ4v) is 3.43. The van der Waals surface area contributed by atoms with Gasteiger partial charge in [-0.05, 0) is 31.2 Å². The van der Waals surface area contributed by atoms with E-state index in [0.29, 0.717) is 30.0 Å². The highest BCUT2D eigenvalue weighted by molar-refractivity contribution is 6.06. The Morgan fingerprint density at radius 2 is 2.00 bits per heavy atom. The average Bonchev–Trinajstić information content (AvgIpc) is 3.15. The van der Waals surface area contributed by atoms with E-state index in [0.717, 1.165) is 18.4 Å². The third-order valence-corrected chi connectivity index (χ3v) is 5.14. The Morgan fingerprint density at radius 1 is 1.29 bits per heavy atom. The van der Waals surface area contributed by atoms with Crippen LogP contribution in [0.3, 0.4) is 0 Å². The van der Waals surface area contributed by atoms with Crippen LogP contribution in [0.1, 0.15) is 57.4 Å². The summed E-state index contributed by atoms with van der Waals surface area (Å²) in [4.78, 5) is 30.3. The monoisotopic (exact) mass is 466 g/mol. The van der Waals surface area contributed by atoms with Crippen LogP contribution in [0.2, 0.25) is 0 Å². The van der Waals surface area contributed by atoms with Crippen LogP contribution >= 0.6 is 0 Å². The van der Waals surface area contributed by atoms with E-state index in [-0.39, 0.29) is 18.1 Å². The number of aromatic nitrogens is 2. The van der Waals surface area contributed by atoms with Crippen molar-refractivity contribution in [1.82, 2.24) is 20.4 Å². The van der Waals surface area contributed by atoms with Crippen LogP contribution < -0.4 is 10.6 Å². The molecule has 0 saturated heterocycles. The highest BCUT2D eigenvalue weighted by atomic mass is 16.5. The van der Waals surface area contributed by atoms with Gasteiger partial charge in [-0.2, -0.15) is 10.4 Å². The Bertz CT molecular complexity index is 1100. The second kappa shape index (κ2) is 12.0. The van der Waals surface area contributed by atoms with Crippen LogP contribution in [0.5, 0.6) is 0 Å². The van der Waals surface area contributed by atoms with E-state index in [2.05, 4.69) is 33.4 Å². The number of unbranched alkanes of at least 4 members (excludes halogenated alkanes) is 2. The molecule has 1 unspecified atom stereocenters. The quantitative estimate of drug-likeness (QED) is 0.240. The van der Waals surface area contributed by atoms with Gasteiger partial charge in [0.1, 0.15) is 6.04 Å². The molecular weight excluding hydrogens is 432 g/mol. The van der Waals surface area contributed by atoms with E-state index >= 15 is 0 Å². The molecule has 9 heteroatoms. The molecular formula is C25H34N6O3. The summed E-state index contributed by atoms with van der Waals surface area (Å²) in [6.45, 7) is 11.7. The van der Waals surface area contributed by atoms with E-state index in [1.165, 1.54) is 0 Å². The average molecular weight is 467 g/mol. The number of nitrogens with zero attached hydrogens (tertiary/aromatic N) is 4. The Balaban J connectivity index is 2.22.